The number of nitrogens with one attached hydrogen (secondary N) is 2. The van der Waals surface area contributed by atoms with E-state index >= 15 is 0 Å². The molecule has 0 saturated heterocycles. The molecule has 25 heavy (non-hydrogen) atoms. The minimum atomic E-state index is -0.273. The van der Waals surface area contributed by atoms with Gasteiger partial charge in [-0.15, -0.1) is 24.8 Å². The first-order valence-corrected chi connectivity index (χ1v) is 9.42. The Labute approximate surface area is 166 Å². The van der Waals surface area contributed by atoms with Crippen LogP contribution in [0.1, 0.15) is 25.0 Å². The van der Waals surface area contributed by atoms with Crippen molar-refractivity contribution >= 4 is 48.2 Å². The SMILES string of the molecule is CCN(CC)CCSCC(=O)Nc1ccc2c(c1F)CCNC2.Cl.Cl. The Hall–Kier alpha value is -0.530. The predicted molar refractivity (Wildman–Crippen MR) is 110 cm³/mol. The summed E-state index contributed by atoms with van der Waals surface area (Å²) in [7, 11) is 0. The van der Waals surface area contributed by atoms with E-state index in [-0.39, 0.29) is 36.5 Å². The average molecular weight is 412 g/mol. The molecule has 0 spiro atoms. The summed E-state index contributed by atoms with van der Waals surface area (Å²) < 4.78 is 14.4. The first-order chi connectivity index (χ1) is 11.2. The second-order valence-corrected chi connectivity index (χ2v) is 6.72. The van der Waals surface area contributed by atoms with Crippen molar-refractivity contribution < 1.29 is 9.18 Å². The highest BCUT2D eigenvalue weighted by molar-refractivity contribution is 7.99. The number of thioether (sulfide) groups is 1. The number of halogens is 3. The van der Waals surface area contributed by atoms with Crippen molar-refractivity contribution in [3.05, 3.63) is 29.1 Å². The van der Waals surface area contributed by atoms with Gasteiger partial charge in [-0.1, -0.05) is 19.9 Å². The van der Waals surface area contributed by atoms with Crippen LogP contribution < -0.4 is 10.6 Å². The zero-order chi connectivity index (χ0) is 16.7. The molecule has 1 aliphatic heterocycles. The molecule has 1 amide bonds. The number of carbonyl (C=O) groups excluding carboxylic acids is 1. The Kier molecular flexibility index (Phi) is 12.5. The van der Waals surface area contributed by atoms with Crippen LogP contribution in [0.4, 0.5) is 10.1 Å². The zero-order valence-electron chi connectivity index (χ0n) is 14.8. The number of hydrogen-bond acceptors (Lipinski definition) is 4. The Balaban J connectivity index is 0.00000288. The predicted octanol–water partition coefficient (Wildman–Crippen LogP) is 3.33. The Morgan fingerprint density at radius 2 is 2.04 bits per heavy atom. The molecule has 0 unspecified atom stereocenters. The highest BCUT2D eigenvalue weighted by Gasteiger charge is 2.17. The number of carbonyl (C=O) groups is 1. The normalized spacial score (nSPS) is 12.8. The molecule has 0 aliphatic carbocycles. The van der Waals surface area contributed by atoms with Crippen LogP contribution in [0.2, 0.25) is 0 Å². The Bertz CT molecular complexity index is 545. The standard InChI is InChI=1S/C17H26FN3OS.2ClH/c1-3-21(4-2)9-10-23-12-16(22)20-15-6-5-13-11-19-8-7-14(13)17(15)18;;/h5-6,19H,3-4,7-12H2,1-2H3,(H,20,22);2*1H. The maximum Gasteiger partial charge on any atom is 0.234 e. The largest absolute Gasteiger partial charge is 0.323 e. The van der Waals surface area contributed by atoms with Crippen LogP contribution in [0, 0.1) is 5.82 Å². The quantitative estimate of drug-likeness (QED) is 0.643. The molecule has 0 radical (unpaired) electrons. The molecule has 2 N–H and O–H groups in total. The van der Waals surface area contributed by atoms with E-state index in [2.05, 4.69) is 29.4 Å². The molecular weight excluding hydrogens is 384 g/mol. The molecule has 0 atom stereocenters. The van der Waals surface area contributed by atoms with Gasteiger partial charge >= 0.3 is 0 Å². The van der Waals surface area contributed by atoms with Crippen LogP contribution in [0.25, 0.3) is 0 Å². The van der Waals surface area contributed by atoms with Gasteiger partial charge < -0.3 is 15.5 Å². The van der Waals surface area contributed by atoms with E-state index in [4.69, 9.17) is 0 Å². The number of hydrogen-bond donors (Lipinski definition) is 2. The second kappa shape index (κ2) is 12.8. The van der Waals surface area contributed by atoms with Crippen molar-refractivity contribution in [3.8, 4) is 0 Å². The van der Waals surface area contributed by atoms with Crippen molar-refractivity contribution in [2.24, 2.45) is 0 Å². The second-order valence-electron chi connectivity index (χ2n) is 5.62. The van der Waals surface area contributed by atoms with Gasteiger partial charge in [0.1, 0.15) is 5.82 Å². The van der Waals surface area contributed by atoms with Crippen molar-refractivity contribution in [1.29, 1.82) is 0 Å². The van der Waals surface area contributed by atoms with Crippen LogP contribution in [-0.4, -0.2) is 48.5 Å². The highest BCUT2D eigenvalue weighted by Crippen LogP contribution is 2.24. The van der Waals surface area contributed by atoms with Crippen LogP contribution in [0.5, 0.6) is 0 Å². The molecule has 0 fully saturated rings. The van der Waals surface area contributed by atoms with E-state index in [0.717, 1.165) is 43.1 Å². The first kappa shape index (κ1) is 24.5. The zero-order valence-corrected chi connectivity index (χ0v) is 17.2. The lowest BCUT2D eigenvalue weighted by molar-refractivity contribution is -0.113. The molecule has 0 saturated carbocycles. The molecule has 8 heteroatoms. The molecule has 144 valence electrons. The lowest BCUT2D eigenvalue weighted by Crippen LogP contribution is -2.26. The van der Waals surface area contributed by atoms with Crippen LogP contribution in [0.15, 0.2) is 12.1 Å². The number of nitrogens with zero attached hydrogens (tertiary/aromatic N) is 1. The van der Waals surface area contributed by atoms with Crippen molar-refractivity contribution in [3.63, 3.8) is 0 Å². The summed E-state index contributed by atoms with van der Waals surface area (Å²) in [6.07, 6.45) is 0.670. The van der Waals surface area contributed by atoms with Crippen molar-refractivity contribution in [2.45, 2.75) is 26.8 Å². The fourth-order valence-corrected chi connectivity index (χ4v) is 3.50. The van der Waals surface area contributed by atoms with E-state index in [0.29, 0.717) is 24.4 Å². The average Bonchev–Trinajstić information content (AvgIpc) is 2.58. The van der Waals surface area contributed by atoms with Gasteiger partial charge in [0, 0.05) is 18.8 Å². The Morgan fingerprint density at radius 1 is 1.32 bits per heavy atom. The third-order valence-electron chi connectivity index (χ3n) is 4.16. The maximum absolute atomic E-state index is 14.4. The number of amides is 1. The minimum absolute atomic E-state index is 0. The number of benzene rings is 1. The van der Waals surface area contributed by atoms with Gasteiger partial charge in [0.25, 0.3) is 0 Å². The number of fused-ring (bicyclic) bond motifs is 1. The molecule has 1 aromatic carbocycles. The van der Waals surface area contributed by atoms with Gasteiger partial charge in [0.05, 0.1) is 11.4 Å². The van der Waals surface area contributed by atoms with E-state index in [1.807, 2.05) is 6.07 Å². The summed E-state index contributed by atoms with van der Waals surface area (Å²) in [4.78, 5) is 14.3. The molecule has 2 rings (SSSR count). The smallest absolute Gasteiger partial charge is 0.234 e. The fourth-order valence-electron chi connectivity index (χ4n) is 2.71. The molecule has 0 bridgehead atoms. The summed E-state index contributed by atoms with van der Waals surface area (Å²) in [5, 5.41) is 5.93. The van der Waals surface area contributed by atoms with Gasteiger partial charge in [-0.25, -0.2) is 4.39 Å². The molecular formula is C17H28Cl2FN3OS. The van der Waals surface area contributed by atoms with E-state index in [9.17, 15) is 9.18 Å². The Morgan fingerprint density at radius 3 is 2.72 bits per heavy atom. The van der Waals surface area contributed by atoms with Crippen LogP contribution >= 0.6 is 36.6 Å². The van der Waals surface area contributed by atoms with Gasteiger partial charge in [-0.05, 0) is 43.2 Å². The van der Waals surface area contributed by atoms with Crippen molar-refractivity contribution in [2.75, 3.05) is 43.0 Å². The van der Waals surface area contributed by atoms with E-state index in [1.54, 1.807) is 17.8 Å². The topological polar surface area (TPSA) is 44.4 Å². The van der Waals surface area contributed by atoms with Crippen molar-refractivity contribution in [1.82, 2.24) is 10.2 Å². The molecule has 1 aromatic rings. The molecule has 0 aromatic heterocycles. The van der Waals surface area contributed by atoms with E-state index < -0.39 is 0 Å². The number of rotatable bonds is 8. The lowest BCUT2D eigenvalue weighted by Gasteiger charge is -2.19. The van der Waals surface area contributed by atoms with Crippen LogP contribution in [-0.2, 0) is 17.8 Å². The fraction of sp³-hybridized carbons (Fsp3) is 0.588. The summed E-state index contributed by atoms with van der Waals surface area (Å²) in [5.41, 5.74) is 2.02. The monoisotopic (exact) mass is 411 g/mol. The molecule has 1 aliphatic rings. The third kappa shape index (κ3) is 7.31. The minimum Gasteiger partial charge on any atom is -0.323 e. The van der Waals surface area contributed by atoms with Crippen LogP contribution in [0.3, 0.4) is 0 Å². The van der Waals surface area contributed by atoms with Gasteiger partial charge in [0.15, 0.2) is 0 Å². The number of anilines is 1. The summed E-state index contributed by atoms with van der Waals surface area (Å²) in [6, 6.07) is 3.56. The third-order valence-corrected chi connectivity index (χ3v) is 5.10. The summed E-state index contributed by atoms with van der Waals surface area (Å²) in [5.74, 6) is 0.861. The van der Waals surface area contributed by atoms with Gasteiger partial charge in [-0.3, -0.25) is 4.79 Å². The highest BCUT2D eigenvalue weighted by atomic mass is 35.5. The summed E-state index contributed by atoms with van der Waals surface area (Å²) >= 11 is 1.59. The summed E-state index contributed by atoms with van der Waals surface area (Å²) in [6.45, 7) is 8.77. The molecule has 1 heterocycles. The maximum atomic E-state index is 14.4. The first-order valence-electron chi connectivity index (χ1n) is 8.26. The molecule has 4 nitrogen and oxygen atoms in total. The lowest BCUT2D eigenvalue weighted by atomic mass is 9.99. The van der Waals surface area contributed by atoms with E-state index in [1.165, 1.54) is 0 Å². The van der Waals surface area contributed by atoms with Gasteiger partial charge in [0.2, 0.25) is 5.91 Å². The van der Waals surface area contributed by atoms with Gasteiger partial charge in [-0.2, -0.15) is 11.8 Å².